The molecule has 22 heavy (non-hydrogen) atoms. The normalized spacial score (nSPS) is 11.8. The highest BCUT2D eigenvalue weighted by Gasteiger charge is 2.31. The summed E-state index contributed by atoms with van der Waals surface area (Å²) in [6.45, 7) is 1.68. The standard InChI is InChI=1S/C16H13F2NO3/c1-2-22-16(21)14(11-7-8-19-13(18)9-11)15(20)10-3-5-12(17)6-4-10/h3-9,14H,2H2,1H3. The van der Waals surface area contributed by atoms with E-state index in [2.05, 4.69) is 4.98 Å². The molecule has 1 aromatic carbocycles. The fraction of sp³-hybridized carbons (Fsp3) is 0.188. The summed E-state index contributed by atoms with van der Waals surface area (Å²) in [5.41, 5.74) is 0.275. The van der Waals surface area contributed by atoms with Crippen LogP contribution in [0.2, 0.25) is 0 Å². The molecule has 1 heterocycles. The fourth-order valence-corrected chi connectivity index (χ4v) is 2.00. The maximum Gasteiger partial charge on any atom is 0.321 e. The number of pyridine rings is 1. The van der Waals surface area contributed by atoms with Crippen LogP contribution >= 0.6 is 0 Å². The van der Waals surface area contributed by atoms with Gasteiger partial charge in [0.15, 0.2) is 5.78 Å². The molecular weight excluding hydrogens is 292 g/mol. The molecule has 0 spiro atoms. The van der Waals surface area contributed by atoms with E-state index in [4.69, 9.17) is 4.74 Å². The number of hydrogen-bond donors (Lipinski definition) is 0. The third-order valence-corrected chi connectivity index (χ3v) is 3.00. The van der Waals surface area contributed by atoms with Crippen LogP contribution < -0.4 is 0 Å². The van der Waals surface area contributed by atoms with Crippen molar-refractivity contribution < 1.29 is 23.1 Å². The number of carbonyl (C=O) groups excluding carboxylic acids is 2. The lowest BCUT2D eigenvalue weighted by molar-refractivity contribution is -0.143. The monoisotopic (exact) mass is 305 g/mol. The molecule has 1 atom stereocenters. The summed E-state index contributed by atoms with van der Waals surface area (Å²) < 4.78 is 31.1. The van der Waals surface area contributed by atoms with Crippen LogP contribution in [-0.4, -0.2) is 23.3 Å². The highest BCUT2D eigenvalue weighted by Crippen LogP contribution is 2.23. The van der Waals surface area contributed by atoms with Gasteiger partial charge in [-0.2, -0.15) is 4.39 Å². The molecule has 0 amide bonds. The maximum absolute atomic E-state index is 13.3. The highest BCUT2D eigenvalue weighted by molar-refractivity contribution is 6.12. The molecule has 2 rings (SSSR count). The van der Waals surface area contributed by atoms with Gasteiger partial charge in [0.05, 0.1) is 6.61 Å². The molecule has 0 fully saturated rings. The first kappa shape index (κ1) is 15.8. The van der Waals surface area contributed by atoms with Gasteiger partial charge in [0, 0.05) is 11.8 Å². The molecule has 114 valence electrons. The topological polar surface area (TPSA) is 56.3 Å². The van der Waals surface area contributed by atoms with Crippen molar-refractivity contribution in [1.82, 2.24) is 4.98 Å². The van der Waals surface area contributed by atoms with Gasteiger partial charge in [-0.25, -0.2) is 9.37 Å². The van der Waals surface area contributed by atoms with Crippen LogP contribution in [0.1, 0.15) is 28.8 Å². The molecule has 1 unspecified atom stereocenters. The molecule has 6 heteroatoms. The Hall–Kier alpha value is -2.63. The summed E-state index contributed by atoms with van der Waals surface area (Å²) in [6.07, 6.45) is 1.16. The number of aromatic nitrogens is 1. The van der Waals surface area contributed by atoms with Gasteiger partial charge >= 0.3 is 5.97 Å². The van der Waals surface area contributed by atoms with Crippen molar-refractivity contribution in [3.8, 4) is 0 Å². The second kappa shape index (κ2) is 6.89. The smallest absolute Gasteiger partial charge is 0.321 e. The quantitative estimate of drug-likeness (QED) is 0.369. The number of esters is 1. The van der Waals surface area contributed by atoms with E-state index in [1.54, 1.807) is 6.92 Å². The zero-order chi connectivity index (χ0) is 16.1. The lowest BCUT2D eigenvalue weighted by atomic mass is 9.91. The van der Waals surface area contributed by atoms with Crippen LogP contribution in [0, 0.1) is 11.8 Å². The first-order valence-electron chi connectivity index (χ1n) is 6.60. The van der Waals surface area contributed by atoms with Gasteiger partial charge < -0.3 is 4.74 Å². The minimum absolute atomic E-state index is 0.0829. The largest absolute Gasteiger partial charge is 0.465 e. The lowest BCUT2D eigenvalue weighted by Crippen LogP contribution is -2.24. The van der Waals surface area contributed by atoms with Crippen LogP contribution in [0.5, 0.6) is 0 Å². The third kappa shape index (κ3) is 3.52. The van der Waals surface area contributed by atoms with Crippen molar-refractivity contribution >= 4 is 11.8 Å². The molecule has 0 aliphatic carbocycles. The number of Topliss-reactive ketones (excluding diaryl/α,β-unsaturated/α-hetero) is 1. The number of nitrogens with zero attached hydrogens (tertiary/aromatic N) is 1. The Morgan fingerprint density at radius 3 is 2.45 bits per heavy atom. The van der Waals surface area contributed by atoms with Crippen molar-refractivity contribution in [1.29, 1.82) is 0 Å². The first-order chi connectivity index (χ1) is 10.5. The second-order valence-corrected chi connectivity index (χ2v) is 4.47. The summed E-state index contributed by atoms with van der Waals surface area (Å²) in [4.78, 5) is 28.0. The van der Waals surface area contributed by atoms with Crippen LogP contribution in [0.3, 0.4) is 0 Å². The Morgan fingerprint density at radius 2 is 1.86 bits per heavy atom. The zero-order valence-electron chi connectivity index (χ0n) is 11.8. The van der Waals surface area contributed by atoms with Crippen LogP contribution in [0.15, 0.2) is 42.6 Å². The highest BCUT2D eigenvalue weighted by atomic mass is 19.1. The van der Waals surface area contributed by atoms with Crippen molar-refractivity contribution in [3.05, 3.63) is 65.5 Å². The van der Waals surface area contributed by atoms with Crippen LogP contribution in [0.4, 0.5) is 8.78 Å². The van der Waals surface area contributed by atoms with Crippen LogP contribution in [0.25, 0.3) is 0 Å². The average molecular weight is 305 g/mol. The van der Waals surface area contributed by atoms with Gasteiger partial charge in [-0.3, -0.25) is 9.59 Å². The van der Waals surface area contributed by atoms with Crippen molar-refractivity contribution in [2.24, 2.45) is 0 Å². The van der Waals surface area contributed by atoms with Gasteiger partial charge in [-0.15, -0.1) is 0 Å². The summed E-state index contributed by atoms with van der Waals surface area (Å²) in [6, 6.07) is 7.13. The number of benzene rings is 1. The predicted octanol–water partition coefficient (Wildman–Crippen LogP) is 2.89. The number of halogens is 2. The molecule has 4 nitrogen and oxygen atoms in total. The summed E-state index contributed by atoms with van der Waals surface area (Å²) >= 11 is 0. The van der Waals surface area contributed by atoms with Crippen molar-refractivity contribution in [2.75, 3.05) is 6.61 Å². The molecule has 2 aromatic rings. The van der Waals surface area contributed by atoms with Gasteiger partial charge in [0.1, 0.15) is 11.7 Å². The fourth-order valence-electron chi connectivity index (χ4n) is 2.00. The SMILES string of the molecule is CCOC(=O)C(C(=O)c1ccc(F)cc1)c1ccnc(F)c1. The van der Waals surface area contributed by atoms with Crippen molar-refractivity contribution in [2.45, 2.75) is 12.8 Å². The van der Waals surface area contributed by atoms with E-state index in [9.17, 15) is 18.4 Å². The van der Waals surface area contributed by atoms with Crippen molar-refractivity contribution in [3.63, 3.8) is 0 Å². The minimum Gasteiger partial charge on any atom is -0.465 e. The van der Waals surface area contributed by atoms with E-state index >= 15 is 0 Å². The Balaban J connectivity index is 2.42. The summed E-state index contributed by atoms with van der Waals surface area (Å²) in [5.74, 6) is -4.01. The summed E-state index contributed by atoms with van der Waals surface area (Å²) in [7, 11) is 0. The lowest BCUT2D eigenvalue weighted by Gasteiger charge is -2.15. The Labute approximate surface area is 125 Å². The van der Waals surface area contributed by atoms with E-state index in [0.717, 1.165) is 24.4 Å². The molecule has 0 N–H and O–H groups in total. The van der Waals surface area contributed by atoms with Gasteiger partial charge in [0.2, 0.25) is 5.95 Å². The predicted molar refractivity (Wildman–Crippen MR) is 74.3 cm³/mol. The Kier molecular flexibility index (Phi) is 4.93. The van der Waals surface area contributed by atoms with Gasteiger partial charge in [0.25, 0.3) is 0 Å². The van der Waals surface area contributed by atoms with E-state index in [0.29, 0.717) is 0 Å². The molecule has 0 saturated heterocycles. The molecule has 0 bridgehead atoms. The third-order valence-electron chi connectivity index (χ3n) is 3.00. The number of ketones is 1. The first-order valence-corrected chi connectivity index (χ1v) is 6.60. The Bertz CT molecular complexity index is 686. The zero-order valence-corrected chi connectivity index (χ0v) is 11.8. The Morgan fingerprint density at radius 1 is 1.18 bits per heavy atom. The summed E-state index contributed by atoms with van der Waals surface area (Å²) in [5, 5.41) is 0. The van der Waals surface area contributed by atoms with E-state index in [-0.39, 0.29) is 17.7 Å². The molecule has 0 radical (unpaired) electrons. The molecule has 0 saturated carbocycles. The second-order valence-electron chi connectivity index (χ2n) is 4.47. The molecule has 0 aliphatic heterocycles. The average Bonchev–Trinajstić information content (AvgIpc) is 2.48. The number of rotatable bonds is 5. The van der Waals surface area contributed by atoms with Gasteiger partial charge in [-0.05, 0) is 48.9 Å². The molecule has 0 aliphatic rings. The van der Waals surface area contributed by atoms with Gasteiger partial charge in [-0.1, -0.05) is 0 Å². The molecule has 1 aromatic heterocycles. The number of carbonyl (C=O) groups is 2. The maximum atomic E-state index is 13.3. The molecular formula is C16H13F2NO3. The number of ether oxygens (including phenoxy) is 1. The van der Waals surface area contributed by atoms with E-state index in [1.165, 1.54) is 18.2 Å². The minimum atomic E-state index is -1.32. The van der Waals surface area contributed by atoms with Crippen LogP contribution in [-0.2, 0) is 9.53 Å². The van der Waals surface area contributed by atoms with E-state index < -0.39 is 29.4 Å². The van der Waals surface area contributed by atoms with E-state index in [1.807, 2.05) is 0 Å². The number of hydrogen-bond acceptors (Lipinski definition) is 4.